The van der Waals surface area contributed by atoms with E-state index in [9.17, 15) is 5.11 Å². The average Bonchev–Trinajstić information content (AvgIpc) is 2.45. The van der Waals surface area contributed by atoms with E-state index < -0.39 is 6.10 Å². The van der Waals surface area contributed by atoms with E-state index in [2.05, 4.69) is 17.1 Å². The second-order valence-electron chi connectivity index (χ2n) is 5.78. The van der Waals surface area contributed by atoms with Gasteiger partial charge in [0, 0.05) is 19.7 Å². The van der Waals surface area contributed by atoms with Crippen LogP contribution in [0.15, 0.2) is 0 Å². The standard InChI is InChI=1S/C15H32N2O3/c1-4-7-17-8-5-14(6-9-17)16-10-15(18)12-20-13(2)11-19-3/h13-16,18H,4-12H2,1-3H3. The van der Waals surface area contributed by atoms with Crippen molar-refractivity contribution < 1.29 is 14.6 Å². The minimum atomic E-state index is -0.442. The molecule has 0 aromatic carbocycles. The minimum absolute atomic E-state index is 0.0342. The summed E-state index contributed by atoms with van der Waals surface area (Å²) in [7, 11) is 1.66. The lowest BCUT2D eigenvalue weighted by Gasteiger charge is -2.32. The highest BCUT2D eigenvalue weighted by molar-refractivity contribution is 4.78. The van der Waals surface area contributed by atoms with E-state index in [0.717, 1.165) is 0 Å². The van der Waals surface area contributed by atoms with Gasteiger partial charge in [0.25, 0.3) is 0 Å². The Hall–Kier alpha value is -0.200. The van der Waals surface area contributed by atoms with Crippen LogP contribution in [0.1, 0.15) is 33.1 Å². The second-order valence-corrected chi connectivity index (χ2v) is 5.78. The molecule has 1 fully saturated rings. The maximum Gasteiger partial charge on any atom is 0.0897 e. The Morgan fingerprint density at radius 1 is 1.30 bits per heavy atom. The van der Waals surface area contributed by atoms with Crippen LogP contribution >= 0.6 is 0 Å². The van der Waals surface area contributed by atoms with Crippen LogP contribution in [0.2, 0.25) is 0 Å². The first kappa shape index (κ1) is 17.9. The summed E-state index contributed by atoms with van der Waals surface area (Å²) in [5.41, 5.74) is 0. The van der Waals surface area contributed by atoms with Gasteiger partial charge in [-0.2, -0.15) is 0 Å². The Labute approximate surface area is 123 Å². The highest BCUT2D eigenvalue weighted by Gasteiger charge is 2.19. The summed E-state index contributed by atoms with van der Waals surface area (Å²) in [5.74, 6) is 0. The Balaban J connectivity index is 2.05. The summed E-state index contributed by atoms with van der Waals surface area (Å²) in [4.78, 5) is 2.52. The fourth-order valence-corrected chi connectivity index (χ4v) is 2.60. The van der Waals surface area contributed by atoms with Crippen molar-refractivity contribution >= 4 is 0 Å². The van der Waals surface area contributed by atoms with Gasteiger partial charge in [0.15, 0.2) is 0 Å². The number of piperidine rings is 1. The number of hydrogen-bond acceptors (Lipinski definition) is 5. The number of aliphatic hydroxyl groups excluding tert-OH is 1. The number of likely N-dealkylation sites (tertiary alicyclic amines) is 1. The van der Waals surface area contributed by atoms with Crippen LogP contribution in [-0.2, 0) is 9.47 Å². The van der Waals surface area contributed by atoms with Crippen molar-refractivity contribution in [3.8, 4) is 0 Å². The van der Waals surface area contributed by atoms with Crippen LogP contribution in [0.5, 0.6) is 0 Å². The van der Waals surface area contributed by atoms with Crippen LogP contribution in [-0.4, -0.2) is 74.8 Å². The molecule has 0 radical (unpaired) electrons. The van der Waals surface area contributed by atoms with E-state index in [-0.39, 0.29) is 6.10 Å². The third-order valence-electron chi connectivity index (χ3n) is 3.74. The lowest BCUT2D eigenvalue weighted by atomic mass is 10.0. The van der Waals surface area contributed by atoms with E-state index in [4.69, 9.17) is 9.47 Å². The monoisotopic (exact) mass is 288 g/mol. The molecule has 1 saturated heterocycles. The predicted molar refractivity (Wildman–Crippen MR) is 81.1 cm³/mol. The second kappa shape index (κ2) is 10.5. The number of nitrogens with zero attached hydrogens (tertiary/aromatic N) is 1. The number of rotatable bonds is 10. The molecule has 0 amide bonds. The quantitative estimate of drug-likeness (QED) is 0.624. The van der Waals surface area contributed by atoms with Crippen LogP contribution in [0.25, 0.3) is 0 Å². The van der Waals surface area contributed by atoms with Crippen LogP contribution in [0, 0.1) is 0 Å². The van der Waals surface area contributed by atoms with E-state index >= 15 is 0 Å². The molecule has 0 spiro atoms. The van der Waals surface area contributed by atoms with Gasteiger partial charge in [-0.15, -0.1) is 0 Å². The molecule has 1 heterocycles. The molecule has 5 heteroatoms. The Kier molecular flexibility index (Phi) is 9.39. The topological polar surface area (TPSA) is 54.0 Å². The molecule has 0 saturated carbocycles. The molecule has 0 aliphatic carbocycles. The molecular weight excluding hydrogens is 256 g/mol. The number of ether oxygens (including phenoxy) is 2. The third-order valence-corrected chi connectivity index (χ3v) is 3.74. The summed E-state index contributed by atoms with van der Waals surface area (Å²) in [6, 6.07) is 0.536. The number of hydrogen-bond donors (Lipinski definition) is 2. The molecule has 2 unspecified atom stereocenters. The molecule has 2 N–H and O–H groups in total. The molecule has 2 atom stereocenters. The first-order valence-electron chi connectivity index (χ1n) is 7.90. The average molecular weight is 288 g/mol. The van der Waals surface area contributed by atoms with Gasteiger partial charge in [0.05, 0.1) is 25.4 Å². The minimum Gasteiger partial charge on any atom is -0.389 e. The van der Waals surface area contributed by atoms with E-state index in [1.807, 2.05) is 6.92 Å². The van der Waals surface area contributed by atoms with Crippen molar-refractivity contribution in [2.75, 3.05) is 46.5 Å². The molecule has 20 heavy (non-hydrogen) atoms. The Bertz CT molecular complexity index is 233. The van der Waals surface area contributed by atoms with Crippen LogP contribution in [0.4, 0.5) is 0 Å². The largest absolute Gasteiger partial charge is 0.389 e. The highest BCUT2D eigenvalue weighted by atomic mass is 16.5. The number of methoxy groups -OCH3 is 1. The summed E-state index contributed by atoms with van der Waals surface area (Å²) in [6.07, 6.45) is 3.17. The van der Waals surface area contributed by atoms with Crippen molar-refractivity contribution in [1.29, 1.82) is 0 Å². The maximum absolute atomic E-state index is 9.89. The molecule has 0 aromatic rings. The highest BCUT2D eigenvalue weighted by Crippen LogP contribution is 2.10. The van der Waals surface area contributed by atoms with Gasteiger partial charge in [0.2, 0.25) is 0 Å². The first-order valence-corrected chi connectivity index (χ1v) is 7.90. The molecular formula is C15H32N2O3. The molecule has 0 bridgehead atoms. The van der Waals surface area contributed by atoms with E-state index in [0.29, 0.717) is 25.8 Å². The molecule has 1 aliphatic heterocycles. The van der Waals surface area contributed by atoms with Crippen molar-refractivity contribution in [2.45, 2.75) is 51.4 Å². The summed E-state index contributed by atoms with van der Waals surface area (Å²) in [6.45, 7) is 9.27. The zero-order valence-corrected chi connectivity index (χ0v) is 13.3. The smallest absolute Gasteiger partial charge is 0.0897 e. The molecule has 5 nitrogen and oxygen atoms in total. The third kappa shape index (κ3) is 7.55. The maximum atomic E-state index is 9.89. The fourth-order valence-electron chi connectivity index (χ4n) is 2.60. The zero-order valence-electron chi connectivity index (χ0n) is 13.3. The zero-order chi connectivity index (χ0) is 14.8. The van der Waals surface area contributed by atoms with Gasteiger partial charge in [-0.05, 0) is 45.8 Å². The molecule has 0 aromatic heterocycles. The predicted octanol–water partition coefficient (Wildman–Crippen LogP) is 0.863. The molecule has 1 rings (SSSR count). The summed E-state index contributed by atoms with van der Waals surface area (Å²) in [5, 5.41) is 13.3. The van der Waals surface area contributed by atoms with E-state index in [1.54, 1.807) is 7.11 Å². The van der Waals surface area contributed by atoms with Gasteiger partial charge in [-0.1, -0.05) is 6.92 Å². The van der Waals surface area contributed by atoms with Crippen LogP contribution < -0.4 is 5.32 Å². The lowest BCUT2D eigenvalue weighted by Crippen LogP contribution is -2.45. The van der Waals surface area contributed by atoms with Crippen molar-refractivity contribution in [1.82, 2.24) is 10.2 Å². The van der Waals surface area contributed by atoms with Gasteiger partial charge < -0.3 is 24.8 Å². The van der Waals surface area contributed by atoms with Gasteiger partial charge in [-0.3, -0.25) is 0 Å². The SMILES string of the molecule is CCCN1CCC(NCC(O)COC(C)COC)CC1. The molecule has 120 valence electrons. The number of aliphatic hydroxyl groups is 1. The van der Waals surface area contributed by atoms with Crippen molar-refractivity contribution in [3.63, 3.8) is 0 Å². The number of nitrogens with one attached hydrogen (secondary N) is 1. The van der Waals surface area contributed by atoms with Gasteiger partial charge in [0.1, 0.15) is 0 Å². The van der Waals surface area contributed by atoms with E-state index in [1.165, 1.54) is 38.9 Å². The Morgan fingerprint density at radius 2 is 2.00 bits per heavy atom. The van der Waals surface area contributed by atoms with Gasteiger partial charge >= 0.3 is 0 Å². The van der Waals surface area contributed by atoms with Crippen molar-refractivity contribution in [3.05, 3.63) is 0 Å². The first-order chi connectivity index (χ1) is 9.65. The Morgan fingerprint density at radius 3 is 2.60 bits per heavy atom. The summed E-state index contributed by atoms with van der Waals surface area (Å²) >= 11 is 0. The fraction of sp³-hybridized carbons (Fsp3) is 1.00. The lowest BCUT2D eigenvalue weighted by molar-refractivity contribution is -0.0319. The normalized spacial score (nSPS) is 21.0. The summed E-state index contributed by atoms with van der Waals surface area (Å²) < 4.78 is 10.5. The van der Waals surface area contributed by atoms with Crippen molar-refractivity contribution in [2.24, 2.45) is 0 Å². The van der Waals surface area contributed by atoms with Gasteiger partial charge in [-0.25, -0.2) is 0 Å². The molecule has 1 aliphatic rings. The van der Waals surface area contributed by atoms with Crippen LogP contribution in [0.3, 0.4) is 0 Å².